The van der Waals surface area contributed by atoms with Crippen LogP contribution < -0.4 is 16.0 Å². The van der Waals surface area contributed by atoms with Gasteiger partial charge in [-0.2, -0.15) is 0 Å². The minimum atomic E-state index is -0.421. The number of nitrogens with two attached hydrogens (primary N) is 1. The number of nitrogens with one attached hydrogen (secondary N) is 1. The lowest BCUT2D eigenvalue weighted by molar-refractivity contribution is -0.117. The van der Waals surface area contributed by atoms with Crippen molar-refractivity contribution in [2.75, 3.05) is 23.3 Å². The molecule has 1 unspecified atom stereocenters. The monoisotopic (exact) mass is 366 g/mol. The predicted octanol–water partition coefficient (Wildman–Crippen LogP) is 3.73. The van der Waals surface area contributed by atoms with Crippen molar-refractivity contribution in [3.05, 3.63) is 18.3 Å². The molecule has 1 saturated carbocycles. The second-order valence-corrected chi connectivity index (χ2v) is 7.29. The van der Waals surface area contributed by atoms with Crippen molar-refractivity contribution in [1.29, 1.82) is 0 Å². The molecule has 3 N–H and O–H groups in total. The number of hydrogen-bond acceptors (Lipinski definition) is 4. The summed E-state index contributed by atoms with van der Waals surface area (Å²) in [5, 5.41) is 2.92. The molecule has 140 valence electrons. The fourth-order valence-corrected chi connectivity index (χ4v) is 3.89. The summed E-state index contributed by atoms with van der Waals surface area (Å²) >= 11 is 0. The number of amides is 1. The molecule has 0 radical (unpaired) electrons. The molecule has 0 aromatic carbocycles. The third-order valence-corrected chi connectivity index (χ3v) is 5.34. The smallest absolute Gasteiger partial charge is 0.241 e. The second-order valence-electron chi connectivity index (χ2n) is 7.29. The van der Waals surface area contributed by atoms with Gasteiger partial charge in [-0.05, 0) is 43.7 Å². The summed E-state index contributed by atoms with van der Waals surface area (Å²) in [6.07, 6.45) is 12.6. The van der Waals surface area contributed by atoms with Gasteiger partial charge in [0.2, 0.25) is 5.91 Å². The number of rotatable bonds is 5. The molecule has 1 atom stereocenters. The summed E-state index contributed by atoms with van der Waals surface area (Å²) in [5.74, 6) is 1.52. The molecule has 2 aliphatic rings. The zero-order valence-corrected chi connectivity index (χ0v) is 15.8. The van der Waals surface area contributed by atoms with E-state index in [2.05, 4.69) is 15.2 Å². The Morgan fingerprint density at radius 1 is 1.16 bits per heavy atom. The average molecular weight is 367 g/mol. The number of aromatic nitrogens is 1. The number of carbonyl (C=O) groups is 1. The van der Waals surface area contributed by atoms with Crippen molar-refractivity contribution in [1.82, 2.24) is 4.98 Å². The van der Waals surface area contributed by atoms with E-state index < -0.39 is 6.04 Å². The van der Waals surface area contributed by atoms with Gasteiger partial charge in [0.05, 0.1) is 17.9 Å². The van der Waals surface area contributed by atoms with E-state index in [1.54, 1.807) is 6.20 Å². The van der Waals surface area contributed by atoms with E-state index in [4.69, 9.17) is 5.73 Å². The Bertz CT molecular complexity index is 525. The van der Waals surface area contributed by atoms with E-state index in [1.807, 2.05) is 12.1 Å². The molecule has 1 saturated heterocycles. The summed E-state index contributed by atoms with van der Waals surface area (Å²) in [6, 6.07) is 3.50. The first-order valence-electron chi connectivity index (χ1n) is 9.50. The molecule has 1 amide bonds. The highest BCUT2D eigenvalue weighted by Crippen LogP contribution is 2.27. The van der Waals surface area contributed by atoms with Gasteiger partial charge in [0.25, 0.3) is 0 Å². The Morgan fingerprint density at radius 2 is 1.84 bits per heavy atom. The second kappa shape index (κ2) is 9.97. The molecule has 1 aromatic rings. The van der Waals surface area contributed by atoms with Crippen LogP contribution in [0.25, 0.3) is 0 Å². The van der Waals surface area contributed by atoms with E-state index >= 15 is 0 Å². The normalized spacial score (nSPS) is 19.8. The number of anilines is 2. The standard InChI is InChI=1S/C19H30N4O.ClH/c20-17(13-15-7-3-1-4-8-15)19(24)22-16-9-10-18(21-14-16)23-11-5-2-6-12-23;/h9-10,14-15,17H,1-8,11-13,20H2,(H,22,24);1H. The van der Waals surface area contributed by atoms with Crippen LogP contribution in [-0.2, 0) is 4.79 Å². The zero-order valence-electron chi connectivity index (χ0n) is 15.0. The predicted molar refractivity (Wildman–Crippen MR) is 105 cm³/mol. The first kappa shape index (κ1) is 20.0. The maximum atomic E-state index is 12.3. The van der Waals surface area contributed by atoms with Crippen molar-refractivity contribution in [2.45, 2.75) is 63.8 Å². The van der Waals surface area contributed by atoms with E-state index in [0.717, 1.165) is 31.0 Å². The number of hydrogen-bond donors (Lipinski definition) is 2. The number of halogens is 1. The first-order valence-corrected chi connectivity index (χ1v) is 9.50. The molecule has 2 fully saturated rings. The fourth-order valence-electron chi connectivity index (χ4n) is 3.89. The highest BCUT2D eigenvalue weighted by atomic mass is 35.5. The third-order valence-electron chi connectivity index (χ3n) is 5.34. The lowest BCUT2D eigenvalue weighted by Gasteiger charge is -2.27. The largest absolute Gasteiger partial charge is 0.357 e. The van der Waals surface area contributed by atoms with Gasteiger partial charge in [0.15, 0.2) is 0 Å². The third kappa shape index (κ3) is 5.86. The lowest BCUT2D eigenvalue weighted by Crippen LogP contribution is -2.37. The highest BCUT2D eigenvalue weighted by molar-refractivity contribution is 5.94. The van der Waals surface area contributed by atoms with Crippen molar-refractivity contribution >= 4 is 29.8 Å². The molecule has 2 heterocycles. The summed E-state index contributed by atoms with van der Waals surface area (Å²) in [6.45, 7) is 2.15. The van der Waals surface area contributed by atoms with Crippen LogP contribution in [0.1, 0.15) is 57.8 Å². The Hall–Kier alpha value is -1.33. The molecule has 25 heavy (non-hydrogen) atoms. The summed E-state index contributed by atoms with van der Waals surface area (Å²) in [7, 11) is 0. The van der Waals surface area contributed by atoms with Crippen LogP contribution in [0.15, 0.2) is 18.3 Å². The molecular weight excluding hydrogens is 336 g/mol. The quantitative estimate of drug-likeness (QED) is 0.832. The molecule has 6 heteroatoms. The van der Waals surface area contributed by atoms with Gasteiger partial charge in [-0.15, -0.1) is 12.4 Å². The molecule has 1 aliphatic heterocycles. The van der Waals surface area contributed by atoms with Crippen molar-refractivity contribution in [3.8, 4) is 0 Å². The lowest BCUT2D eigenvalue weighted by atomic mass is 9.85. The van der Waals surface area contributed by atoms with Crippen LogP contribution >= 0.6 is 12.4 Å². The van der Waals surface area contributed by atoms with E-state index in [1.165, 1.54) is 51.4 Å². The molecular formula is C19H31ClN4O. The van der Waals surface area contributed by atoms with Crippen molar-refractivity contribution < 1.29 is 4.79 Å². The first-order chi connectivity index (χ1) is 11.7. The highest BCUT2D eigenvalue weighted by Gasteiger charge is 2.21. The summed E-state index contributed by atoms with van der Waals surface area (Å²) in [4.78, 5) is 19.1. The van der Waals surface area contributed by atoms with E-state index in [0.29, 0.717) is 5.92 Å². The number of pyridine rings is 1. The van der Waals surface area contributed by atoms with Crippen LogP contribution in [0.2, 0.25) is 0 Å². The van der Waals surface area contributed by atoms with Crippen LogP contribution in [0.4, 0.5) is 11.5 Å². The molecule has 0 spiro atoms. The van der Waals surface area contributed by atoms with Crippen LogP contribution in [0.3, 0.4) is 0 Å². The van der Waals surface area contributed by atoms with Crippen LogP contribution in [0.5, 0.6) is 0 Å². The SMILES string of the molecule is Cl.NC(CC1CCCCC1)C(=O)Nc1ccc(N2CCCCC2)nc1. The number of piperidine rings is 1. The summed E-state index contributed by atoms with van der Waals surface area (Å²) in [5.41, 5.74) is 6.84. The van der Waals surface area contributed by atoms with Crippen LogP contribution in [-0.4, -0.2) is 30.0 Å². The van der Waals surface area contributed by atoms with E-state index in [-0.39, 0.29) is 18.3 Å². The molecule has 5 nitrogen and oxygen atoms in total. The van der Waals surface area contributed by atoms with Crippen molar-refractivity contribution in [2.24, 2.45) is 11.7 Å². The number of carbonyl (C=O) groups excluding carboxylic acids is 1. The minimum absolute atomic E-state index is 0. The van der Waals surface area contributed by atoms with E-state index in [9.17, 15) is 4.79 Å². The average Bonchev–Trinajstić information content (AvgIpc) is 2.64. The molecule has 3 rings (SSSR count). The zero-order chi connectivity index (χ0) is 16.8. The van der Waals surface area contributed by atoms with Gasteiger partial charge in [0, 0.05) is 13.1 Å². The topological polar surface area (TPSA) is 71.2 Å². The Labute approximate surface area is 157 Å². The van der Waals surface area contributed by atoms with Crippen molar-refractivity contribution in [3.63, 3.8) is 0 Å². The Kier molecular flexibility index (Phi) is 7.97. The van der Waals surface area contributed by atoms with Crippen LogP contribution in [0, 0.1) is 5.92 Å². The Morgan fingerprint density at radius 3 is 2.48 bits per heavy atom. The molecule has 1 aromatic heterocycles. The van der Waals surface area contributed by atoms with Gasteiger partial charge >= 0.3 is 0 Å². The number of nitrogens with zero attached hydrogens (tertiary/aromatic N) is 2. The van der Waals surface area contributed by atoms with Gasteiger partial charge in [0.1, 0.15) is 5.82 Å². The summed E-state index contributed by atoms with van der Waals surface area (Å²) < 4.78 is 0. The maximum absolute atomic E-state index is 12.3. The minimum Gasteiger partial charge on any atom is -0.357 e. The fraction of sp³-hybridized carbons (Fsp3) is 0.684. The van der Waals surface area contributed by atoms with Gasteiger partial charge in [-0.25, -0.2) is 4.98 Å². The van der Waals surface area contributed by atoms with Gasteiger partial charge in [-0.3, -0.25) is 4.79 Å². The molecule has 1 aliphatic carbocycles. The van der Waals surface area contributed by atoms with Gasteiger partial charge in [-0.1, -0.05) is 32.1 Å². The van der Waals surface area contributed by atoms with Gasteiger partial charge < -0.3 is 16.0 Å². The molecule has 0 bridgehead atoms. The maximum Gasteiger partial charge on any atom is 0.241 e. The Balaban J connectivity index is 0.00000225.